The Morgan fingerprint density at radius 2 is 1.97 bits per heavy atom. The summed E-state index contributed by atoms with van der Waals surface area (Å²) in [5.74, 6) is 0.513. The van der Waals surface area contributed by atoms with Crippen molar-refractivity contribution in [1.29, 1.82) is 0 Å². The van der Waals surface area contributed by atoms with Crippen LogP contribution in [0.2, 0.25) is 5.02 Å². The summed E-state index contributed by atoms with van der Waals surface area (Å²) in [5.41, 5.74) is 0.885. The van der Waals surface area contributed by atoms with Crippen molar-refractivity contribution in [3.05, 3.63) is 47.2 Å². The second-order valence-electron chi connectivity index (χ2n) is 7.49. The second-order valence-corrected chi connectivity index (χ2v) is 10.2. The van der Waals surface area contributed by atoms with Crippen molar-refractivity contribution in [2.24, 2.45) is 5.92 Å². The van der Waals surface area contributed by atoms with Gasteiger partial charge in [-0.05, 0) is 42.8 Å². The van der Waals surface area contributed by atoms with E-state index >= 15 is 0 Å². The molecule has 2 unspecified atom stereocenters. The summed E-state index contributed by atoms with van der Waals surface area (Å²) in [6.45, 7) is 0.480. The molecule has 7 nitrogen and oxygen atoms in total. The Morgan fingerprint density at radius 1 is 1.21 bits per heavy atom. The van der Waals surface area contributed by atoms with Crippen LogP contribution in [0.25, 0.3) is 11.3 Å². The van der Waals surface area contributed by atoms with Gasteiger partial charge in [-0.25, -0.2) is 8.42 Å². The molecule has 4 rings (SSSR count). The molecule has 3 heterocycles. The molecular formula is C20H21ClN2O5S. The maximum absolute atomic E-state index is 12.5. The van der Waals surface area contributed by atoms with Gasteiger partial charge in [-0.3, -0.25) is 9.59 Å². The van der Waals surface area contributed by atoms with Crippen LogP contribution in [0.1, 0.15) is 18.6 Å². The van der Waals surface area contributed by atoms with Crippen molar-refractivity contribution >= 4 is 33.3 Å². The van der Waals surface area contributed by atoms with Crippen LogP contribution in [0.5, 0.6) is 0 Å². The average molecular weight is 437 g/mol. The van der Waals surface area contributed by atoms with Gasteiger partial charge in [0.2, 0.25) is 11.8 Å². The summed E-state index contributed by atoms with van der Waals surface area (Å²) in [6, 6.07) is 10.6. The number of furan rings is 1. The predicted octanol–water partition coefficient (Wildman–Crippen LogP) is 2.25. The van der Waals surface area contributed by atoms with Crippen molar-refractivity contribution in [2.45, 2.75) is 25.4 Å². The van der Waals surface area contributed by atoms with E-state index in [1.165, 1.54) is 0 Å². The van der Waals surface area contributed by atoms with Gasteiger partial charge in [0, 0.05) is 29.6 Å². The van der Waals surface area contributed by atoms with Crippen LogP contribution in [0.3, 0.4) is 0 Å². The first kappa shape index (κ1) is 20.0. The molecule has 9 heteroatoms. The molecule has 1 aromatic heterocycles. The van der Waals surface area contributed by atoms with E-state index < -0.39 is 15.8 Å². The maximum Gasteiger partial charge on any atom is 0.225 e. The van der Waals surface area contributed by atoms with E-state index in [2.05, 4.69) is 5.32 Å². The minimum atomic E-state index is -3.08. The van der Waals surface area contributed by atoms with Crippen LogP contribution < -0.4 is 5.32 Å². The molecule has 2 aliphatic rings. The van der Waals surface area contributed by atoms with Crippen molar-refractivity contribution in [1.82, 2.24) is 10.2 Å². The molecular weight excluding hydrogens is 416 g/mol. The molecule has 0 spiro atoms. The summed E-state index contributed by atoms with van der Waals surface area (Å²) in [7, 11) is -3.08. The van der Waals surface area contributed by atoms with Crippen LogP contribution in [0, 0.1) is 5.92 Å². The van der Waals surface area contributed by atoms with E-state index in [1.807, 2.05) is 18.2 Å². The number of nitrogens with zero attached hydrogens (tertiary/aromatic N) is 1. The molecule has 2 atom stereocenters. The number of amides is 2. The molecule has 0 radical (unpaired) electrons. The zero-order valence-electron chi connectivity index (χ0n) is 15.6. The summed E-state index contributed by atoms with van der Waals surface area (Å²) in [6.07, 6.45) is 0.554. The lowest BCUT2D eigenvalue weighted by atomic mass is 10.1. The topological polar surface area (TPSA) is 96.7 Å². The van der Waals surface area contributed by atoms with Crippen LogP contribution in [-0.2, 0) is 26.0 Å². The van der Waals surface area contributed by atoms with Crippen molar-refractivity contribution in [2.75, 3.05) is 18.1 Å². The lowest BCUT2D eigenvalue weighted by molar-refractivity contribution is -0.130. The molecule has 29 heavy (non-hydrogen) atoms. The SMILES string of the molecule is O=C(NCc1ccc(-c2ccc(Cl)cc2)o1)C1CC(=O)N(C2CCS(=O)(=O)C2)C1. The number of carbonyl (C=O) groups is 2. The van der Waals surface area contributed by atoms with Crippen molar-refractivity contribution < 1.29 is 22.4 Å². The van der Waals surface area contributed by atoms with Crippen LogP contribution in [0.15, 0.2) is 40.8 Å². The van der Waals surface area contributed by atoms with Gasteiger partial charge in [-0.2, -0.15) is 0 Å². The standard InChI is InChI=1S/C20H21ClN2O5S/c21-15-3-1-13(2-4-15)18-6-5-17(28-18)10-22-20(25)14-9-19(24)23(11-14)16-7-8-29(26,27)12-16/h1-6,14,16H,7-12H2,(H,22,25). The summed E-state index contributed by atoms with van der Waals surface area (Å²) in [5, 5.41) is 3.45. The number of sulfone groups is 1. The van der Waals surface area contributed by atoms with Gasteiger partial charge in [0.1, 0.15) is 11.5 Å². The Bertz CT molecular complexity index is 1030. The number of hydrogen-bond donors (Lipinski definition) is 1. The Morgan fingerprint density at radius 3 is 2.66 bits per heavy atom. The molecule has 2 amide bonds. The molecule has 2 aliphatic heterocycles. The van der Waals surface area contributed by atoms with Crippen molar-refractivity contribution in [3.63, 3.8) is 0 Å². The van der Waals surface area contributed by atoms with Gasteiger partial charge in [-0.1, -0.05) is 11.6 Å². The Labute approximate surface area is 173 Å². The third-order valence-electron chi connectivity index (χ3n) is 5.41. The van der Waals surface area contributed by atoms with E-state index in [1.54, 1.807) is 23.1 Å². The van der Waals surface area contributed by atoms with E-state index in [0.29, 0.717) is 23.0 Å². The van der Waals surface area contributed by atoms with Gasteiger partial charge in [0.05, 0.1) is 24.0 Å². The summed E-state index contributed by atoms with van der Waals surface area (Å²) in [4.78, 5) is 26.3. The Kier molecular flexibility index (Phi) is 5.40. The predicted molar refractivity (Wildman–Crippen MR) is 108 cm³/mol. The van der Waals surface area contributed by atoms with Gasteiger partial charge >= 0.3 is 0 Å². The number of carbonyl (C=O) groups excluding carboxylic acids is 2. The highest BCUT2D eigenvalue weighted by Gasteiger charge is 2.41. The lowest BCUT2D eigenvalue weighted by Crippen LogP contribution is -2.38. The fourth-order valence-electron chi connectivity index (χ4n) is 3.84. The lowest BCUT2D eigenvalue weighted by Gasteiger charge is -2.22. The van der Waals surface area contributed by atoms with Crippen LogP contribution >= 0.6 is 11.6 Å². The van der Waals surface area contributed by atoms with Gasteiger partial charge in [0.15, 0.2) is 9.84 Å². The largest absolute Gasteiger partial charge is 0.459 e. The smallest absolute Gasteiger partial charge is 0.225 e. The Hall–Kier alpha value is -2.32. The zero-order valence-corrected chi connectivity index (χ0v) is 17.2. The molecule has 2 aromatic rings. The number of hydrogen-bond acceptors (Lipinski definition) is 5. The second kappa shape index (κ2) is 7.84. The monoisotopic (exact) mass is 436 g/mol. The first-order chi connectivity index (χ1) is 13.8. The fourth-order valence-corrected chi connectivity index (χ4v) is 5.70. The minimum absolute atomic E-state index is 0.00699. The third-order valence-corrected chi connectivity index (χ3v) is 7.41. The summed E-state index contributed by atoms with van der Waals surface area (Å²) < 4.78 is 29.1. The van der Waals surface area contributed by atoms with E-state index in [9.17, 15) is 18.0 Å². The molecule has 154 valence electrons. The normalized spacial score (nSPS) is 23.5. The Balaban J connectivity index is 1.32. The minimum Gasteiger partial charge on any atom is -0.459 e. The first-order valence-electron chi connectivity index (χ1n) is 9.43. The highest BCUT2D eigenvalue weighted by Crippen LogP contribution is 2.27. The molecule has 0 aliphatic carbocycles. The van der Waals surface area contributed by atoms with Crippen LogP contribution in [0.4, 0.5) is 0 Å². The molecule has 2 saturated heterocycles. The van der Waals surface area contributed by atoms with E-state index in [-0.39, 0.29) is 48.9 Å². The fraction of sp³-hybridized carbons (Fsp3) is 0.400. The third kappa shape index (κ3) is 4.48. The highest BCUT2D eigenvalue weighted by molar-refractivity contribution is 7.91. The number of nitrogens with one attached hydrogen (secondary N) is 1. The first-order valence-corrected chi connectivity index (χ1v) is 11.6. The number of halogens is 1. The van der Waals surface area contributed by atoms with Gasteiger partial charge < -0.3 is 14.6 Å². The molecule has 0 bridgehead atoms. The molecule has 2 fully saturated rings. The average Bonchev–Trinajstić information content (AvgIpc) is 3.39. The molecule has 0 saturated carbocycles. The van der Waals surface area contributed by atoms with Crippen LogP contribution in [-0.4, -0.2) is 49.2 Å². The van der Waals surface area contributed by atoms with Crippen molar-refractivity contribution in [3.8, 4) is 11.3 Å². The van der Waals surface area contributed by atoms with E-state index in [0.717, 1.165) is 5.56 Å². The van der Waals surface area contributed by atoms with Gasteiger partial charge in [0.25, 0.3) is 0 Å². The highest BCUT2D eigenvalue weighted by atomic mass is 35.5. The summed E-state index contributed by atoms with van der Waals surface area (Å²) >= 11 is 5.89. The molecule has 1 aromatic carbocycles. The van der Waals surface area contributed by atoms with Gasteiger partial charge in [-0.15, -0.1) is 0 Å². The van der Waals surface area contributed by atoms with E-state index in [4.69, 9.17) is 16.0 Å². The maximum atomic E-state index is 12.5. The zero-order chi connectivity index (χ0) is 20.6. The number of benzene rings is 1. The quantitative estimate of drug-likeness (QED) is 0.775. The number of likely N-dealkylation sites (tertiary alicyclic amines) is 1. The molecule has 1 N–H and O–H groups in total. The number of rotatable bonds is 5.